The van der Waals surface area contributed by atoms with Crippen molar-refractivity contribution < 1.29 is 13.9 Å². The van der Waals surface area contributed by atoms with Gasteiger partial charge in [-0.3, -0.25) is 4.79 Å². The standard InChI is InChI=1S/C10H10FNO2/c11-8-3-1-2-7(4-8)9-5-14-6-10(13)12-9/h1-4,9H,5-6H2,(H,12,13)/t9-/m0/s1. The van der Waals surface area contributed by atoms with E-state index in [9.17, 15) is 9.18 Å². The molecule has 1 heterocycles. The first kappa shape index (κ1) is 9.15. The van der Waals surface area contributed by atoms with E-state index in [2.05, 4.69) is 5.32 Å². The number of carbonyl (C=O) groups is 1. The minimum absolute atomic E-state index is 0.0891. The molecule has 2 rings (SSSR count). The largest absolute Gasteiger partial charge is 0.369 e. The molecule has 1 amide bonds. The molecule has 0 spiro atoms. The molecule has 1 fully saturated rings. The van der Waals surface area contributed by atoms with E-state index in [0.29, 0.717) is 6.61 Å². The Morgan fingerprint density at radius 2 is 2.36 bits per heavy atom. The predicted octanol–water partition coefficient (Wildman–Crippen LogP) is 1.01. The highest BCUT2D eigenvalue weighted by atomic mass is 19.1. The van der Waals surface area contributed by atoms with Gasteiger partial charge in [0.15, 0.2) is 0 Å². The molecule has 14 heavy (non-hydrogen) atoms. The van der Waals surface area contributed by atoms with Gasteiger partial charge in [-0.2, -0.15) is 0 Å². The van der Waals surface area contributed by atoms with E-state index in [1.807, 2.05) is 0 Å². The normalized spacial score (nSPS) is 21.8. The van der Waals surface area contributed by atoms with Crippen molar-refractivity contribution in [3.8, 4) is 0 Å². The smallest absolute Gasteiger partial charge is 0.246 e. The maximum atomic E-state index is 12.9. The van der Waals surface area contributed by atoms with Crippen LogP contribution < -0.4 is 5.32 Å². The molecular formula is C10H10FNO2. The Kier molecular flexibility index (Phi) is 2.45. The van der Waals surface area contributed by atoms with Crippen LogP contribution in [0.1, 0.15) is 11.6 Å². The predicted molar refractivity (Wildman–Crippen MR) is 48.1 cm³/mol. The number of benzene rings is 1. The summed E-state index contributed by atoms with van der Waals surface area (Å²) >= 11 is 0. The van der Waals surface area contributed by atoms with Crippen molar-refractivity contribution in [1.29, 1.82) is 0 Å². The van der Waals surface area contributed by atoms with Crippen LogP contribution in [0.15, 0.2) is 24.3 Å². The molecule has 1 atom stereocenters. The monoisotopic (exact) mass is 195 g/mol. The number of ether oxygens (including phenoxy) is 1. The van der Waals surface area contributed by atoms with Crippen molar-refractivity contribution in [3.05, 3.63) is 35.6 Å². The molecule has 0 saturated carbocycles. The lowest BCUT2D eigenvalue weighted by atomic mass is 10.1. The lowest BCUT2D eigenvalue weighted by Crippen LogP contribution is -2.39. The second-order valence-corrected chi connectivity index (χ2v) is 3.19. The van der Waals surface area contributed by atoms with Gasteiger partial charge in [0.05, 0.1) is 12.6 Å². The molecule has 1 aromatic rings. The van der Waals surface area contributed by atoms with Crippen LogP contribution in [0.4, 0.5) is 4.39 Å². The average Bonchev–Trinajstić information content (AvgIpc) is 2.18. The van der Waals surface area contributed by atoms with Crippen molar-refractivity contribution in [2.24, 2.45) is 0 Å². The maximum Gasteiger partial charge on any atom is 0.246 e. The minimum Gasteiger partial charge on any atom is -0.369 e. The summed E-state index contributed by atoms with van der Waals surface area (Å²) in [5, 5.41) is 2.73. The van der Waals surface area contributed by atoms with E-state index in [0.717, 1.165) is 5.56 Å². The molecule has 1 aliphatic rings. The van der Waals surface area contributed by atoms with Crippen LogP contribution in [0.5, 0.6) is 0 Å². The third-order valence-electron chi connectivity index (χ3n) is 2.10. The summed E-state index contributed by atoms with van der Waals surface area (Å²) in [5.41, 5.74) is 0.734. The maximum absolute atomic E-state index is 12.9. The quantitative estimate of drug-likeness (QED) is 0.726. The molecule has 1 saturated heterocycles. The van der Waals surface area contributed by atoms with E-state index < -0.39 is 0 Å². The molecular weight excluding hydrogens is 185 g/mol. The van der Waals surface area contributed by atoms with Crippen molar-refractivity contribution in [2.75, 3.05) is 13.2 Å². The van der Waals surface area contributed by atoms with Gasteiger partial charge >= 0.3 is 0 Å². The van der Waals surface area contributed by atoms with Gasteiger partial charge in [0.1, 0.15) is 12.4 Å². The summed E-state index contributed by atoms with van der Waals surface area (Å²) in [7, 11) is 0. The van der Waals surface area contributed by atoms with E-state index in [-0.39, 0.29) is 24.4 Å². The lowest BCUT2D eigenvalue weighted by Gasteiger charge is -2.23. The lowest BCUT2D eigenvalue weighted by molar-refractivity contribution is -0.131. The van der Waals surface area contributed by atoms with Crippen LogP contribution in [0.2, 0.25) is 0 Å². The van der Waals surface area contributed by atoms with Crippen LogP contribution in [-0.4, -0.2) is 19.1 Å². The van der Waals surface area contributed by atoms with Gasteiger partial charge in [-0.25, -0.2) is 4.39 Å². The molecule has 4 heteroatoms. The number of hydrogen-bond donors (Lipinski definition) is 1. The fraction of sp³-hybridized carbons (Fsp3) is 0.300. The molecule has 0 unspecified atom stereocenters. The number of amides is 1. The molecule has 1 N–H and O–H groups in total. The van der Waals surface area contributed by atoms with E-state index in [4.69, 9.17) is 4.74 Å². The number of carbonyl (C=O) groups excluding carboxylic acids is 1. The zero-order valence-electron chi connectivity index (χ0n) is 7.50. The molecule has 0 radical (unpaired) electrons. The Hall–Kier alpha value is -1.42. The Bertz CT molecular complexity index is 354. The first-order valence-electron chi connectivity index (χ1n) is 4.38. The minimum atomic E-state index is -0.303. The van der Waals surface area contributed by atoms with Crippen LogP contribution in [0, 0.1) is 5.82 Å². The molecule has 0 aliphatic carbocycles. The van der Waals surface area contributed by atoms with Gasteiger partial charge in [-0.05, 0) is 17.7 Å². The average molecular weight is 195 g/mol. The van der Waals surface area contributed by atoms with Gasteiger partial charge in [-0.15, -0.1) is 0 Å². The number of nitrogens with one attached hydrogen (secondary N) is 1. The van der Waals surface area contributed by atoms with Gasteiger partial charge in [0.2, 0.25) is 5.91 Å². The summed E-state index contributed by atoms with van der Waals surface area (Å²) in [6, 6.07) is 5.93. The second-order valence-electron chi connectivity index (χ2n) is 3.19. The first-order chi connectivity index (χ1) is 6.75. The third-order valence-corrected chi connectivity index (χ3v) is 2.10. The molecule has 74 valence electrons. The Morgan fingerprint density at radius 1 is 1.50 bits per heavy atom. The third kappa shape index (κ3) is 1.90. The Balaban J connectivity index is 2.17. The van der Waals surface area contributed by atoms with Crippen LogP contribution in [0.25, 0.3) is 0 Å². The molecule has 0 aromatic heterocycles. The molecule has 1 aliphatic heterocycles. The van der Waals surface area contributed by atoms with Gasteiger partial charge < -0.3 is 10.1 Å². The summed E-state index contributed by atoms with van der Waals surface area (Å²) in [6.07, 6.45) is 0. The summed E-state index contributed by atoms with van der Waals surface area (Å²) in [5.74, 6) is -0.465. The first-order valence-corrected chi connectivity index (χ1v) is 4.38. The highest BCUT2D eigenvalue weighted by molar-refractivity contribution is 5.78. The topological polar surface area (TPSA) is 38.3 Å². The SMILES string of the molecule is O=C1COC[C@@H](c2cccc(F)c2)N1. The fourth-order valence-electron chi connectivity index (χ4n) is 1.45. The van der Waals surface area contributed by atoms with E-state index >= 15 is 0 Å². The zero-order chi connectivity index (χ0) is 9.97. The fourth-order valence-corrected chi connectivity index (χ4v) is 1.45. The molecule has 0 bridgehead atoms. The second kappa shape index (κ2) is 3.75. The number of rotatable bonds is 1. The van der Waals surface area contributed by atoms with E-state index in [1.54, 1.807) is 12.1 Å². The van der Waals surface area contributed by atoms with Crippen molar-refractivity contribution >= 4 is 5.91 Å². The van der Waals surface area contributed by atoms with Crippen molar-refractivity contribution in [1.82, 2.24) is 5.32 Å². The summed E-state index contributed by atoms with van der Waals surface area (Å²) < 4.78 is 17.9. The highest BCUT2D eigenvalue weighted by Crippen LogP contribution is 2.16. The van der Waals surface area contributed by atoms with E-state index in [1.165, 1.54) is 12.1 Å². The zero-order valence-corrected chi connectivity index (χ0v) is 7.50. The number of morpholine rings is 1. The van der Waals surface area contributed by atoms with Gasteiger partial charge in [0.25, 0.3) is 0 Å². The van der Waals surface area contributed by atoms with Crippen molar-refractivity contribution in [2.45, 2.75) is 6.04 Å². The summed E-state index contributed by atoms with van der Waals surface area (Å²) in [4.78, 5) is 11.0. The molecule has 3 nitrogen and oxygen atoms in total. The van der Waals surface area contributed by atoms with Gasteiger partial charge in [-0.1, -0.05) is 12.1 Å². The summed E-state index contributed by atoms with van der Waals surface area (Å²) in [6.45, 7) is 0.487. The molecule has 1 aromatic carbocycles. The van der Waals surface area contributed by atoms with Crippen LogP contribution in [0.3, 0.4) is 0 Å². The highest BCUT2D eigenvalue weighted by Gasteiger charge is 2.20. The Morgan fingerprint density at radius 3 is 3.07 bits per heavy atom. The number of hydrogen-bond acceptors (Lipinski definition) is 2. The van der Waals surface area contributed by atoms with Crippen LogP contribution >= 0.6 is 0 Å². The number of halogens is 1. The van der Waals surface area contributed by atoms with Gasteiger partial charge in [0, 0.05) is 0 Å². The van der Waals surface area contributed by atoms with Crippen molar-refractivity contribution in [3.63, 3.8) is 0 Å². The Labute approximate surface area is 80.9 Å². The van der Waals surface area contributed by atoms with Crippen LogP contribution in [-0.2, 0) is 9.53 Å².